The molecule has 110 valence electrons. The highest BCUT2D eigenvalue weighted by molar-refractivity contribution is 6.30. The van der Waals surface area contributed by atoms with Gasteiger partial charge in [-0.25, -0.2) is 0 Å². The smallest absolute Gasteiger partial charge is 0.0406 e. The van der Waals surface area contributed by atoms with E-state index in [9.17, 15) is 0 Å². The SMILES string of the molecule is Cc1ccccc1C1CC(N[C@H](C)c2ccc(Cl)cc2)C1. The second kappa shape index (κ2) is 6.21. The first-order valence-corrected chi connectivity index (χ1v) is 8.08. The summed E-state index contributed by atoms with van der Waals surface area (Å²) in [6.07, 6.45) is 2.48. The van der Waals surface area contributed by atoms with Gasteiger partial charge in [-0.15, -0.1) is 0 Å². The zero-order valence-electron chi connectivity index (χ0n) is 12.6. The average molecular weight is 300 g/mol. The summed E-state index contributed by atoms with van der Waals surface area (Å²) in [7, 11) is 0. The number of halogens is 1. The summed E-state index contributed by atoms with van der Waals surface area (Å²) < 4.78 is 0. The second-order valence-electron chi connectivity index (χ2n) is 6.16. The van der Waals surface area contributed by atoms with E-state index < -0.39 is 0 Å². The monoisotopic (exact) mass is 299 g/mol. The van der Waals surface area contributed by atoms with Crippen molar-refractivity contribution < 1.29 is 0 Å². The Morgan fingerprint density at radius 1 is 1.05 bits per heavy atom. The zero-order valence-corrected chi connectivity index (χ0v) is 13.4. The third kappa shape index (κ3) is 3.30. The molecule has 0 radical (unpaired) electrons. The molecule has 2 aromatic carbocycles. The summed E-state index contributed by atoms with van der Waals surface area (Å²) in [5.74, 6) is 0.723. The van der Waals surface area contributed by atoms with Crippen LogP contribution in [0.15, 0.2) is 48.5 Å². The highest BCUT2D eigenvalue weighted by atomic mass is 35.5. The lowest BCUT2D eigenvalue weighted by molar-refractivity contribution is 0.270. The molecule has 1 aliphatic rings. The van der Waals surface area contributed by atoms with Gasteiger partial charge in [-0.3, -0.25) is 0 Å². The van der Waals surface area contributed by atoms with Crippen LogP contribution < -0.4 is 5.32 Å². The van der Waals surface area contributed by atoms with Crippen molar-refractivity contribution in [3.8, 4) is 0 Å². The summed E-state index contributed by atoms with van der Waals surface area (Å²) in [4.78, 5) is 0. The normalized spacial score (nSPS) is 22.6. The van der Waals surface area contributed by atoms with Crippen molar-refractivity contribution in [2.24, 2.45) is 0 Å². The molecule has 0 aromatic heterocycles. The van der Waals surface area contributed by atoms with Gasteiger partial charge in [-0.05, 0) is 61.4 Å². The molecule has 1 fully saturated rings. The van der Waals surface area contributed by atoms with Crippen molar-refractivity contribution in [3.05, 3.63) is 70.2 Å². The molecule has 0 unspecified atom stereocenters. The second-order valence-corrected chi connectivity index (χ2v) is 6.60. The van der Waals surface area contributed by atoms with E-state index in [0.29, 0.717) is 12.1 Å². The lowest BCUT2D eigenvalue weighted by Crippen LogP contribution is -2.41. The highest BCUT2D eigenvalue weighted by Gasteiger charge is 2.31. The molecule has 1 saturated carbocycles. The quantitative estimate of drug-likeness (QED) is 0.813. The minimum Gasteiger partial charge on any atom is -0.307 e. The minimum absolute atomic E-state index is 0.380. The van der Waals surface area contributed by atoms with Crippen molar-refractivity contribution in [2.75, 3.05) is 0 Å². The third-order valence-electron chi connectivity index (χ3n) is 4.62. The molecule has 2 heteroatoms. The number of aryl methyl sites for hydroxylation is 1. The van der Waals surface area contributed by atoms with E-state index in [1.54, 1.807) is 0 Å². The van der Waals surface area contributed by atoms with Crippen molar-refractivity contribution in [3.63, 3.8) is 0 Å². The zero-order chi connectivity index (χ0) is 14.8. The molecule has 0 bridgehead atoms. The first-order valence-electron chi connectivity index (χ1n) is 7.70. The van der Waals surface area contributed by atoms with Gasteiger partial charge < -0.3 is 5.32 Å². The number of nitrogens with one attached hydrogen (secondary N) is 1. The van der Waals surface area contributed by atoms with Crippen LogP contribution in [-0.2, 0) is 0 Å². The summed E-state index contributed by atoms with van der Waals surface area (Å²) in [6.45, 7) is 4.44. The molecule has 0 heterocycles. The van der Waals surface area contributed by atoms with E-state index in [4.69, 9.17) is 11.6 Å². The third-order valence-corrected chi connectivity index (χ3v) is 4.87. The van der Waals surface area contributed by atoms with Crippen LogP contribution in [0.3, 0.4) is 0 Å². The van der Waals surface area contributed by atoms with Crippen LogP contribution in [0.5, 0.6) is 0 Å². The maximum Gasteiger partial charge on any atom is 0.0406 e. The van der Waals surface area contributed by atoms with Gasteiger partial charge in [0.2, 0.25) is 0 Å². The fraction of sp³-hybridized carbons (Fsp3) is 0.368. The van der Waals surface area contributed by atoms with Crippen LogP contribution in [0.4, 0.5) is 0 Å². The molecular weight excluding hydrogens is 278 g/mol. The van der Waals surface area contributed by atoms with Crippen molar-refractivity contribution in [2.45, 2.75) is 44.7 Å². The molecule has 1 nitrogen and oxygen atoms in total. The van der Waals surface area contributed by atoms with E-state index >= 15 is 0 Å². The van der Waals surface area contributed by atoms with Gasteiger partial charge in [-0.1, -0.05) is 48.0 Å². The van der Waals surface area contributed by atoms with Gasteiger partial charge in [0.25, 0.3) is 0 Å². The summed E-state index contributed by atoms with van der Waals surface area (Å²) in [6, 6.07) is 17.9. The topological polar surface area (TPSA) is 12.0 Å². The molecule has 0 aliphatic heterocycles. The Kier molecular flexibility index (Phi) is 4.32. The first kappa shape index (κ1) is 14.6. The standard InChI is InChI=1S/C19H22ClN/c1-13-5-3-4-6-19(13)16-11-18(12-16)21-14(2)15-7-9-17(20)10-8-15/h3-10,14,16,18,21H,11-12H2,1-2H3/t14-,16?,18?/m1/s1. The minimum atomic E-state index is 0.380. The average Bonchev–Trinajstić information content (AvgIpc) is 2.44. The predicted octanol–water partition coefficient (Wildman–Crippen LogP) is 5.25. The van der Waals surface area contributed by atoms with Crippen molar-refractivity contribution in [1.29, 1.82) is 0 Å². The van der Waals surface area contributed by atoms with Gasteiger partial charge in [0.05, 0.1) is 0 Å². The number of hydrogen-bond acceptors (Lipinski definition) is 1. The Morgan fingerprint density at radius 3 is 2.38 bits per heavy atom. The van der Waals surface area contributed by atoms with Crippen LogP contribution in [0.2, 0.25) is 5.02 Å². The lowest BCUT2D eigenvalue weighted by atomic mass is 9.74. The van der Waals surface area contributed by atoms with E-state index in [1.165, 1.54) is 29.5 Å². The Morgan fingerprint density at radius 2 is 1.71 bits per heavy atom. The van der Waals surface area contributed by atoms with E-state index in [1.807, 2.05) is 12.1 Å². The molecule has 21 heavy (non-hydrogen) atoms. The number of rotatable bonds is 4. The fourth-order valence-corrected chi connectivity index (χ4v) is 3.38. The molecular formula is C19H22ClN. The van der Waals surface area contributed by atoms with E-state index in [-0.39, 0.29) is 0 Å². The molecule has 0 spiro atoms. The van der Waals surface area contributed by atoms with Gasteiger partial charge in [0, 0.05) is 17.1 Å². The number of hydrogen-bond donors (Lipinski definition) is 1. The van der Waals surface area contributed by atoms with Crippen LogP contribution >= 0.6 is 11.6 Å². The van der Waals surface area contributed by atoms with Crippen LogP contribution in [-0.4, -0.2) is 6.04 Å². The summed E-state index contributed by atoms with van der Waals surface area (Å²) in [5, 5.41) is 4.53. The number of benzene rings is 2. The maximum absolute atomic E-state index is 5.94. The molecule has 1 aliphatic carbocycles. The van der Waals surface area contributed by atoms with Crippen LogP contribution in [0.25, 0.3) is 0 Å². The predicted molar refractivity (Wildman–Crippen MR) is 89.9 cm³/mol. The van der Waals surface area contributed by atoms with Gasteiger partial charge in [-0.2, -0.15) is 0 Å². The van der Waals surface area contributed by atoms with Gasteiger partial charge in [0.1, 0.15) is 0 Å². The lowest BCUT2D eigenvalue weighted by Gasteiger charge is -2.39. The summed E-state index contributed by atoms with van der Waals surface area (Å²) in [5.41, 5.74) is 4.25. The molecule has 2 aromatic rings. The largest absolute Gasteiger partial charge is 0.307 e. The highest BCUT2D eigenvalue weighted by Crippen LogP contribution is 2.39. The van der Waals surface area contributed by atoms with Gasteiger partial charge >= 0.3 is 0 Å². The first-order chi connectivity index (χ1) is 10.1. The van der Waals surface area contributed by atoms with E-state index in [0.717, 1.165) is 10.9 Å². The van der Waals surface area contributed by atoms with Crippen molar-refractivity contribution in [1.82, 2.24) is 5.32 Å². The van der Waals surface area contributed by atoms with Gasteiger partial charge in [0.15, 0.2) is 0 Å². The Balaban J connectivity index is 1.55. The maximum atomic E-state index is 5.94. The van der Waals surface area contributed by atoms with Crippen LogP contribution in [0, 0.1) is 6.92 Å². The summed E-state index contributed by atoms with van der Waals surface area (Å²) >= 11 is 5.94. The molecule has 0 saturated heterocycles. The molecule has 1 N–H and O–H groups in total. The Bertz CT molecular complexity index is 599. The van der Waals surface area contributed by atoms with Crippen LogP contribution in [0.1, 0.15) is 48.4 Å². The Labute approximate surface area is 132 Å². The van der Waals surface area contributed by atoms with E-state index in [2.05, 4.69) is 55.6 Å². The molecule has 1 atom stereocenters. The van der Waals surface area contributed by atoms with Crippen molar-refractivity contribution >= 4 is 11.6 Å². The Hall–Kier alpha value is -1.31. The fourth-order valence-electron chi connectivity index (χ4n) is 3.25. The molecule has 0 amide bonds. The molecule has 3 rings (SSSR count).